The summed E-state index contributed by atoms with van der Waals surface area (Å²) in [6.07, 6.45) is 6.29. The zero-order valence-electron chi connectivity index (χ0n) is 7.99. The lowest BCUT2D eigenvalue weighted by Crippen LogP contribution is -2.19. The van der Waals surface area contributed by atoms with Gasteiger partial charge in [-0.15, -0.1) is 0 Å². The summed E-state index contributed by atoms with van der Waals surface area (Å²) in [7, 11) is 1.42. The molecule has 1 saturated heterocycles. The minimum Gasteiger partial charge on any atom is -0.467 e. The van der Waals surface area contributed by atoms with Crippen molar-refractivity contribution in [1.82, 2.24) is 0 Å². The fourth-order valence-electron chi connectivity index (χ4n) is 2.25. The van der Waals surface area contributed by atoms with Crippen LogP contribution in [0.3, 0.4) is 0 Å². The number of methoxy groups -OCH3 is 1. The Morgan fingerprint density at radius 1 is 1.31 bits per heavy atom. The molecule has 0 radical (unpaired) electrons. The Morgan fingerprint density at radius 2 is 2.00 bits per heavy atom. The highest BCUT2D eigenvalue weighted by Crippen LogP contribution is 2.38. The van der Waals surface area contributed by atoms with E-state index >= 15 is 0 Å². The lowest BCUT2D eigenvalue weighted by molar-refractivity contribution is -0.142. The van der Waals surface area contributed by atoms with Crippen LogP contribution in [0.5, 0.6) is 0 Å². The highest BCUT2D eigenvalue weighted by molar-refractivity contribution is 5.77. The molecule has 13 heavy (non-hydrogen) atoms. The van der Waals surface area contributed by atoms with Crippen LogP contribution in [0.25, 0.3) is 0 Å². The first kappa shape index (κ1) is 9.00. The molecule has 0 aromatic carbocycles. The minimum absolute atomic E-state index is 0.174. The van der Waals surface area contributed by atoms with Gasteiger partial charge in [0.2, 0.25) is 0 Å². The van der Waals surface area contributed by atoms with Crippen molar-refractivity contribution in [3.8, 4) is 0 Å². The van der Waals surface area contributed by atoms with E-state index < -0.39 is 0 Å². The third-order valence-corrected chi connectivity index (χ3v) is 3.07. The van der Waals surface area contributed by atoms with E-state index in [0.717, 1.165) is 0 Å². The van der Waals surface area contributed by atoms with Gasteiger partial charge >= 0.3 is 5.97 Å². The van der Waals surface area contributed by atoms with E-state index in [1.807, 2.05) is 0 Å². The summed E-state index contributed by atoms with van der Waals surface area (Å²) in [6, 6.07) is 0. The van der Waals surface area contributed by atoms with E-state index in [9.17, 15) is 4.79 Å². The Bertz CT molecular complexity index is 196. The van der Waals surface area contributed by atoms with Gasteiger partial charge in [0.25, 0.3) is 0 Å². The van der Waals surface area contributed by atoms with Gasteiger partial charge in [0, 0.05) is 0 Å². The summed E-state index contributed by atoms with van der Waals surface area (Å²) in [5, 5.41) is 0. The third kappa shape index (κ3) is 1.85. The SMILES string of the molecule is COC(=O)[C@H]1O[C@@H]1C1CCCCC1. The van der Waals surface area contributed by atoms with Gasteiger partial charge in [-0.3, -0.25) is 0 Å². The molecule has 2 aliphatic rings. The molecule has 3 heteroatoms. The van der Waals surface area contributed by atoms with Crippen LogP contribution in [-0.4, -0.2) is 25.3 Å². The normalized spacial score (nSPS) is 34.2. The van der Waals surface area contributed by atoms with Gasteiger partial charge in [0.05, 0.1) is 13.2 Å². The average Bonchev–Trinajstić information content (AvgIpc) is 2.98. The molecule has 2 fully saturated rings. The number of hydrogen-bond donors (Lipinski definition) is 0. The Balaban J connectivity index is 1.81. The number of carbonyl (C=O) groups is 1. The molecule has 3 nitrogen and oxygen atoms in total. The lowest BCUT2D eigenvalue weighted by atomic mass is 9.86. The summed E-state index contributed by atoms with van der Waals surface area (Å²) >= 11 is 0. The maximum absolute atomic E-state index is 11.1. The Morgan fingerprint density at radius 3 is 2.62 bits per heavy atom. The average molecular weight is 184 g/mol. The van der Waals surface area contributed by atoms with E-state index in [4.69, 9.17) is 4.74 Å². The molecule has 0 amide bonds. The van der Waals surface area contributed by atoms with Crippen molar-refractivity contribution < 1.29 is 14.3 Å². The molecule has 1 heterocycles. The first-order chi connectivity index (χ1) is 6.33. The molecule has 0 bridgehead atoms. The predicted molar refractivity (Wildman–Crippen MR) is 47.3 cm³/mol. The Labute approximate surface area is 78.4 Å². The van der Waals surface area contributed by atoms with Crippen molar-refractivity contribution in [1.29, 1.82) is 0 Å². The van der Waals surface area contributed by atoms with E-state index in [1.54, 1.807) is 0 Å². The molecule has 0 unspecified atom stereocenters. The number of carbonyl (C=O) groups excluding carboxylic acids is 1. The molecule has 0 aromatic heterocycles. The van der Waals surface area contributed by atoms with Crippen molar-refractivity contribution in [3.63, 3.8) is 0 Å². The molecule has 0 N–H and O–H groups in total. The van der Waals surface area contributed by atoms with Crippen molar-refractivity contribution in [3.05, 3.63) is 0 Å². The third-order valence-electron chi connectivity index (χ3n) is 3.07. The molecule has 2 rings (SSSR count). The maximum Gasteiger partial charge on any atom is 0.337 e. The monoisotopic (exact) mass is 184 g/mol. The van der Waals surface area contributed by atoms with Gasteiger partial charge < -0.3 is 9.47 Å². The number of esters is 1. The van der Waals surface area contributed by atoms with Crippen LogP contribution in [0.15, 0.2) is 0 Å². The molecule has 1 aliphatic heterocycles. The van der Waals surface area contributed by atoms with Gasteiger partial charge in [-0.2, -0.15) is 0 Å². The number of rotatable bonds is 2. The topological polar surface area (TPSA) is 38.8 Å². The van der Waals surface area contributed by atoms with E-state index in [0.29, 0.717) is 5.92 Å². The summed E-state index contributed by atoms with van der Waals surface area (Å²) in [5.74, 6) is 0.411. The van der Waals surface area contributed by atoms with Crippen LogP contribution in [0.1, 0.15) is 32.1 Å². The second kappa shape index (κ2) is 3.66. The molecule has 2 atom stereocenters. The molecular weight excluding hydrogens is 168 g/mol. The maximum atomic E-state index is 11.1. The van der Waals surface area contributed by atoms with E-state index in [-0.39, 0.29) is 18.2 Å². The number of epoxide rings is 1. The van der Waals surface area contributed by atoms with Crippen molar-refractivity contribution in [2.45, 2.75) is 44.3 Å². The second-order valence-corrected chi connectivity index (χ2v) is 3.94. The minimum atomic E-state index is -0.243. The second-order valence-electron chi connectivity index (χ2n) is 3.94. The highest BCUT2D eigenvalue weighted by atomic mass is 16.6. The lowest BCUT2D eigenvalue weighted by Gasteiger charge is -2.19. The predicted octanol–water partition coefficient (Wildman–Crippen LogP) is 1.51. The summed E-state index contributed by atoms with van der Waals surface area (Å²) < 4.78 is 9.97. The molecular formula is C10H16O3. The zero-order valence-corrected chi connectivity index (χ0v) is 7.99. The van der Waals surface area contributed by atoms with Crippen LogP contribution >= 0.6 is 0 Å². The summed E-state index contributed by atoms with van der Waals surface area (Å²) in [4.78, 5) is 11.1. The summed E-state index contributed by atoms with van der Waals surface area (Å²) in [5.41, 5.74) is 0. The number of hydrogen-bond acceptors (Lipinski definition) is 3. The van der Waals surface area contributed by atoms with Gasteiger partial charge in [-0.25, -0.2) is 4.79 Å². The Hall–Kier alpha value is -0.570. The van der Waals surface area contributed by atoms with Crippen LogP contribution in [0.2, 0.25) is 0 Å². The van der Waals surface area contributed by atoms with Crippen LogP contribution in [-0.2, 0) is 14.3 Å². The van der Waals surface area contributed by atoms with Crippen molar-refractivity contribution >= 4 is 5.97 Å². The standard InChI is InChI=1S/C10H16O3/c1-12-10(11)9-8(13-9)7-5-3-2-4-6-7/h7-9H,2-6H2,1H3/t8-,9+/m1/s1. The smallest absolute Gasteiger partial charge is 0.337 e. The van der Waals surface area contributed by atoms with Crippen LogP contribution in [0, 0.1) is 5.92 Å². The zero-order chi connectivity index (χ0) is 9.26. The molecule has 1 saturated carbocycles. The van der Waals surface area contributed by atoms with Gasteiger partial charge in [0.15, 0.2) is 6.10 Å². The molecule has 1 aliphatic carbocycles. The Kier molecular flexibility index (Phi) is 2.54. The fourth-order valence-corrected chi connectivity index (χ4v) is 2.25. The highest BCUT2D eigenvalue weighted by Gasteiger charge is 2.50. The fraction of sp³-hybridized carbons (Fsp3) is 0.900. The first-order valence-electron chi connectivity index (χ1n) is 5.06. The largest absolute Gasteiger partial charge is 0.467 e. The first-order valence-corrected chi connectivity index (χ1v) is 5.06. The quantitative estimate of drug-likeness (QED) is 0.482. The van der Waals surface area contributed by atoms with Gasteiger partial charge in [-0.1, -0.05) is 19.3 Å². The van der Waals surface area contributed by atoms with Gasteiger partial charge in [-0.05, 0) is 18.8 Å². The van der Waals surface area contributed by atoms with Crippen molar-refractivity contribution in [2.24, 2.45) is 5.92 Å². The van der Waals surface area contributed by atoms with E-state index in [2.05, 4.69) is 4.74 Å². The molecule has 0 aromatic rings. The van der Waals surface area contributed by atoms with Gasteiger partial charge in [0.1, 0.15) is 0 Å². The van der Waals surface area contributed by atoms with Crippen LogP contribution in [0.4, 0.5) is 0 Å². The molecule has 74 valence electrons. The van der Waals surface area contributed by atoms with Crippen molar-refractivity contribution in [2.75, 3.05) is 7.11 Å². The summed E-state index contributed by atoms with van der Waals surface area (Å²) in [6.45, 7) is 0. The van der Waals surface area contributed by atoms with Crippen LogP contribution < -0.4 is 0 Å². The van der Waals surface area contributed by atoms with E-state index in [1.165, 1.54) is 39.2 Å². The number of ether oxygens (including phenoxy) is 2. The molecule has 0 spiro atoms.